The van der Waals surface area contributed by atoms with Gasteiger partial charge in [-0.3, -0.25) is 4.79 Å². The first-order chi connectivity index (χ1) is 15.2. The molecule has 0 aliphatic carbocycles. The van der Waals surface area contributed by atoms with Crippen LogP contribution in [0.15, 0.2) is 53.4 Å². The molecule has 0 saturated carbocycles. The molecule has 2 unspecified atom stereocenters. The van der Waals surface area contributed by atoms with Crippen molar-refractivity contribution in [2.75, 3.05) is 33.7 Å². The lowest BCUT2D eigenvalue weighted by molar-refractivity contribution is -0.126. The van der Waals surface area contributed by atoms with Crippen molar-refractivity contribution in [1.29, 1.82) is 0 Å². The van der Waals surface area contributed by atoms with E-state index in [0.29, 0.717) is 25.9 Å². The summed E-state index contributed by atoms with van der Waals surface area (Å²) in [5, 5.41) is 3.03. The number of rotatable bonds is 8. The molecule has 174 valence electrons. The van der Waals surface area contributed by atoms with Crippen molar-refractivity contribution in [1.82, 2.24) is 14.5 Å². The van der Waals surface area contributed by atoms with E-state index in [2.05, 4.69) is 41.4 Å². The molecule has 0 aromatic heterocycles. The minimum atomic E-state index is -3.76. The summed E-state index contributed by atoms with van der Waals surface area (Å²) < 4.78 is 40.4. The molecule has 2 atom stereocenters. The lowest BCUT2D eigenvalue weighted by Crippen LogP contribution is -2.46. The number of carbonyl (C=O) groups is 1. The maximum absolute atomic E-state index is 13.2. The minimum absolute atomic E-state index is 0.0208. The van der Waals surface area contributed by atoms with Gasteiger partial charge in [0.25, 0.3) is 0 Å². The molecule has 1 saturated heterocycles. The molecule has 8 heteroatoms. The molecular weight excluding hydrogens is 429 g/mol. The van der Waals surface area contributed by atoms with Gasteiger partial charge in [-0.25, -0.2) is 12.8 Å². The molecular formula is C24H32FN3O3S. The number of hydrogen-bond donors (Lipinski definition) is 1. The van der Waals surface area contributed by atoms with Gasteiger partial charge in [0.15, 0.2) is 0 Å². The fourth-order valence-electron chi connectivity index (χ4n) is 4.05. The van der Waals surface area contributed by atoms with Crippen LogP contribution < -0.4 is 5.32 Å². The van der Waals surface area contributed by atoms with Crippen molar-refractivity contribution in [3.63, 3.8) is 0 Å². The summed E-state index contributed by atoms with van der Waals surface area (Å²) in [6.45, 7) is 3.04. The van der Waals surface area contributed by atoms with Crippen LogP contribution in [0.4, 0.5) is 4.39 Å². The van der Waals surface area contributed by atoms with Crippen molar-refractivity contribution < 1.29 is 17.6 Å². The maximum atomic E-state index is 13.2. The molecule has 3 rings (SSSR count). The summed E-state index contributed by atoms with van der Waals surface area (Å²) in [5.41, 5.74) is 2.39. The van der Waals surface area contributed by atoms with Crippen LogP contribution in [0.3, 0.4) is 0 Å². The average Bonchev–Trinajstić information content (AvgIpc) is 2.79. The topological polar surface area (TPSA) is 69.7 Å². The van der Waals surface area contributed by atoms with Gasteiger partial charge >= 0.3 is 0 Å². The van der Waals surface area contributed by atoms with E-state index in [0.717, 1.165) is 24.1 Å². The third-order valence-electron chi connectivity index (χ3n) is 6.07. The Balaban J connectivity index is 1.64. The van der Waals surface area contributed by atoms with E-state index in [1.54, 1.807) is 0 Å². The van der Waals surface area contributed by atoms with Crippen LogP contribution in [0, 0.1) is 11.7 Å². The van der Waals surface area contributed by atoms with Crippen molar-refractivity contribution in [3.05, 3.63) is 65.5 Å². The van der Waals surface area contributed by atoms with Crippen LogP contribution in [0.2, 0.25) is 0 Å². The van der Waals surface area contributed by atoms with Crippen LogP contribution in [0.25, 0.3) is 0 Å². The Morgan fingerprint density at radius 3 is 2.41 bits per heavy atom. The molecule has 1 fully saturated rings. The lowest BCUT2D eigenvalue weighted by Gasteiger charge is -2.32. The number of amides is 1. The number of sulfonamides is 1. The van der Waals surface area contributed by atoms with Gasteiger partial charge in [0.05, 0.1) is 16.9 Å². The van der Waals surface area contributed by atoms with Crippen molar-refractivity contribution in [2.24, 2.45) is 5.92 Å². The van der Waals surface area contributed by atoms with Gasteiger partial charge in [-0.2, -0.15) is 4.31 Å². The van der Waals surface area contributed by atoms with E-state index < -0.39 is 21.8 Å². The number of nitrogens with one attached hydrogen (secondary N) is 1. The number of likely N-dealkylation sites (N-methyl/N-ethyl adjacent to an activating group) is 1. The molecule has 0 bridgehead atoms. The lowest BCUT2D eigenvalue weighted by atomic mass is 9.98. The van der Waals surface area contributed by atoms with Gasteiger partial charge in [-0.15, -0.1) is 0 Å². The van der Waals surface area contributed by atoms with Gasteiger partial charge < -0.3 is 10.2 Å². The summed E-state index contributed by atoms with van der Waals surface area (Å²) in [5.74, 6) is -1.04. The third kappa shape index (κ3) is 5.74. The Labute approximate surface area is 190 Å². The number of carbonyl (C=O) groups excluding carboxylic acids is 1. The molecule has 2 aromatic carbocycles. The third-order valence-corrected chi connectivity index (χ3v) is 7.95. The minimum Gasteiger partial charge on any atom is -0.354 e. The molecule has 6 nitrogen and oxygen atoms in total. The Bertz CT molecular complexity index is 1010. The Morgan fingerprint density at radius 2 is 1.81 bits per heavy atom. The maximum Gasteiger partial charge on any atom is 0.243 e. The van der Waals surface area contributed by atoms with E-state index in [9.17, 15) is 17.6 Å². The van der Waals surface area contributed by atoms with Crippen molar-refractivity contribution in [3.8, 4) is 0 Å². The summed E-state index contributed by atoms with van der Waals surface area (Å²) in [4.78, 5) is 15.0. The second-order valence-electron chi connectivity index (χ2n) is 8.48. The zero-order chi connectivity index (χ0) is 23.3. The second kappa shape index (κ2) is 10.6. The first-order valence-electron chi connectivity index (χ1n) is 11.0. The van der Waals surface area contributed by atoms with Crippen LogP contribution in [0.1, 0.15) is 36.9 Å². The highest BCUT2D eigenvalue weighted by Crippen LogP contribution is 2.25. The number of hydrogen-bond acceptors (Lipinski definition) is 4. The fraction of sp³-hybridized carbons (Fsp3) is 0.458. The van der Waals surface area contributed by atoms with E-state index >= 15 is 0 Å². The molecule has 1 N–H and O–H groups in total. The highest BCUT2D eigenvalue weighted by Gasteiger charge is 2.33. The van der Waals surface area contributed by atoms with Gasteiger partial charge in [0.1, 0.15) is 5.82 Å². The van der Waals surface area contributed by atoms with E-state index in [4.69, 9.17) is 0 Å². The highest BCUT2D eigenvalue weighted by molar-refractivity contribution is 7.89. The molecule has 1 aliphatic rings. The molecule has 0 radical (unpaired) electrons. The first-order valence-corrected chi connectivity index (χ1v) is 12.4. The standard InChI is InChI=1S/C24H32FN3O3S/c1-4-18-7-9-19(10-8-18)23(27(2)3)16-26-24(29)20-6-5-15-28(17-20)32(30,31)22-13-11-21(25)12-14-22/h7-14,20,23H,4-6,15-17H2,1-3H3,(H,26,29). The zero-order valence-electron chi connectivity index (χ0n) is 18.9. The Morgan fingerprint density at radius 1 is 1.16 bits per heavy atom. The summed E-state index contributed by atoms with van der Waals surface area (Å²) >= 11 is 0. The van der Waals surface area contributed by atoms with Crippen LogP contribution >= 0.6 is 0 Å². The highest BCUT2D eigenvalue weighted by atomic mass is 32.2. The summed E-state index contributed by atoms with van der Waals surface area (Å²) in [6, 6.07) is 13.2. The summed E-state index contributed by atoms with van der Waals surface area (Å²) in [7, 11) is 0.188. The average molecular weight is 462 g/mol. The molecule has 1 amide bonds. The second-order valence-corrected chi connectivity index (χ2v) is 10.4. The molecule has 2 aromatic rings. The Hall–Kier alpha value is -2.29. The normalized spacial score (nSPS) is 18.5. The number of benzene rings is 2. The van der Waals surface area contributed by atoms with Crippen LogP contribution in [0.5, 0.6) is 0 Å². The number of aryl methyl sites for hydroxylation is 1. The number of nitrogens with zero attached hydrogens (tertiary/aromatic N) is 2. The quantitative estimate of drug-likeness (QED) is 0.656. The predicted molar refractivity (Wildman–Crippen MR) is 123 cm³/mol. The zero-order valence-corrected chi connectivity index (χ0v) is 19.7. The number of halogens is 1. The predicted octanol–water partition coefficient (Wildman–Crippen LogP) is 3.21. The Kier molecular flexibility index (Phi) is 8.03. The molecule has 0 spiro atoms. The van der Waals surface area contributed by atoms with Crippen LogP contribution in [-0.4, -0.2) is 57.3 Å². The first kappa shape index (κ1) is 24.4. The van der Waals surface area contributed by atoms with Gasteiger partial charge in [0, 0.05) is 19.6 Å². The summed E-state index contributed by atoms with van der Waals surface area (Å²) in [6.07, 6.45) is 2.22. The van der Waals surface area contributed by atoms with Gasteiger partial charge in [-0.05, 0) is 68.8 Å². The molecule has 32 heavy (non-hydrogen) atoms. The van der Waals surface area contributed by atoms with Gasteiger partial charge in [-0.1, -0.05) is 31.2 Å². The van der Waals surface area contributed by atoms with E-state index in [-0.39, 0.29) is 23.4 Å². The largest absolute Gasteiger partial charge is 0.354 e. The van der Waals surface area contributed by atoms with E-state index in [1.807, 2.05) is 14.1 Å². The molecule has 1 heterocycles. The smallest absolute Gasteiger partial charge is 0.243 e. The van der Waals surface area contributed by atoms with Crippen LogP contribution in [-0.2, 0) is 21.2 Å². The van der Waals surface area contributed by atoms with Crippen molar-refractivity contribution in [2.45, 2.75) is 37.1 Å². The SMILES string of the molecule is CCc1ccc(C(CNC(=O)C2CCCN(S(=O)(=O)c3ccc(F)cc3)C2)N(C)C)cc1. The van der Waals surface area contributed by atoms with Gasteiger partial charge in [0.2, 0.25) is 15.9 Å². The fourth-order valence-corrected chi connectivity index (χ4v) is 5.57. The monoisotopic (exact) mass is 461 g/mol. The number of piperidine rings is 1. The van der Waals surface area contributed by atoms with E-state index in [1.165, 1.54) is 22.0 Å². The molecule has 1 aliphatic heterocycles. The van der Waals surface area contributed by atoms with Crippen molar-refractivity contribution >= 4 is 15.9 Å².